The number of amides is 1. The number of nitrogens with zero attached hydrogens (tertiary/aromatic N) is 5. The van der Waals surface area contributed by atoms with Crippen molar-refractivity contribution in [3.8, 4) is 28.6 Å². The normalized spacial score (nSPS) is 15.9. The van der Waals surface area contributed by atoms with Crippen molar-refractivity contribution in [2.24, 2.45) is 5.92 Å². The lowest BCUT2D eigenvalue weighted by atomic mass is 9.97. The molecule has 1 saturated heterocycles. The molecule has 0 radical (unpaired) electrons. The standard InChI is InChI=1S/C27H30N6O4/c1-35-23-10-7-20(14-24(23)36-2)26-30-25(37-31-26)17-32-12-3-4-21(16-32)27(34)29-15-19-5-8-22(9-6-19)33-13-11-28-18-33/h5-11,13-14,18,21H,3-4,12,15-17H2,1-2H3,(H,29,34). The van der Waals surface area contributed by atoms with Crippen molar-refractivity contribution in [3.05, 3.63) is 72.6 Å². The van der Waals surface area contributed by atoms with Crippen molar-refractivity contribution in [3.63, 3.8) is 0 Å². The molecule has 4 aromatic rings. The zero-order valence-corrected chi connectivity index (χ0v) is 21.0. The third-order valence-corrected chi connectivity index (χ3v) is 6.55. The van der Waals surface area contributed by atoms with E-state index >= 15 is 0 Å². The monoisotopic (exact) mass is 502 g/mol. The Morgan fingerprint density at radius 2 is 1.97 bits per heavy atom. The predicted molar refractivity (Wildman–Crippen MR) is 136 cm³/mol. The van der Waals surface area contributed by atoms with Gasteiger partial charge in [0.2, 0.25) is 17.6 Å². The molecule has 1 fully saturated rings. The second-order valence-electron chi connectivity index (χ2n) is 9.01. The highest BCUT2D eigenvalue weighted by Crippen LogP contribution is 2.31. The van der Waals surface area contributed by atoms with Crippen LogP contribution in [0.25, 0.3) is 17.1 Å². The van der Waals surface area contributed by atoms with Crippen LogP contribution in [0, 0.1) is 5.92 Å². The van der Waals surface area contributed by atoms with Gasteiger partial charge in [-0.05, 0) is 55.3 Å². The SMILES string of the molecule is COc1ccc(-c2noc(CN3CCCC(C(=O)NCc4ccc(-n5ccnc5)cc4)C3)n2)cc1OC. The molecule has 0 spiro atoms. The highest BCUT2D eigenvalue weighted by molar-refractivity contribution is 5.79. The molecule has 1 N–H and O–H groups in total. The number of piperidine rings is 1. The lowest BCUT2D eigenvalue weighted by Gasteiger charge is -2.30. The molecule has 1 atom stereocenters. The van der Waals surface area contributed by atoms with Crippen molar-refractivity contribution in [2.45, 2.75) is 25.9 Å². The van der Waals surface area contributed by atoms with Gasteiger partial charge < -0.3 is 23.9 Å². The minimum Gasteiger partial charge on any atom is -0.493 e. The highest BCUT2D eigenvalue weighted by atomic mass is 16.5. The fourth-order valence-corrected chi connectivity index (χ4v) is 4.55. The number of hydrogen-bond acceptors (Lipinski definition) is 8. The summed E-state index contributed by atoms with van der Waals surface area (Å²) in [6.07, 6.45) is 7.21. The molecule has 1 aliphatic rings. The van der Waals surface area contributed by atoms with Crippen molar-refractivity contribution in [1.82, 2.24) is 29.9 Å². The number of carbonyl (C=O) groups excluding carboxylic acids is 1. The van der Waals surface area contributed by atoms with Crippen LogP contribution in [0.5, 0.6) is 11.5 Å². The quantitative estimate of drug-likeness (QED) is 0.371. The Bertz CT molecular complexity index is 1320. The number of nitrogens with one attached hydrogen (secondary N) is 1. The van der Waals surface area contributed by atoms with E-state index in [1.807, 2.05) is 53.2 Å². The van der Waals surface area contributed by atoms with Gasteiger partial charge in [0.1, 0.15) is 0 Å². The van der Waals surface area contributed by atoms with Crippen molar-refractivity contribution in [1.29, 1.82) is 0 Å². The second kappa shape index (κ2) is 11.3. The Kier molecular flexibility index (Phi) is 7.46. The molecule has 0 aliphatic carbocycles. The first-order valence-corrected chi connectivity index (χ1v) is 12.3. The molecule has 1 aliphatic heterocycles. The number of carbonyl (C=O) groups is 1. The van der Waals surface area contributed by atoms with E-state index in [0.717, 1.165) is 36.2 Å². The molecule has 2 aromatic heterocycles. The van der Waals surface area contributed by atoms with Crippen molar-refractivity contribution >= 4 is 5.91 Å². The zero-order valence-electron chi connectivity index (χ0n) is 21.0. The summed E-state index contributed by atoms with van der Waals surface area (Å²) in [7, 11) is 3.18. The van der Waals surface area contributed by atoms with Crippen LogP contribution in [-0.2, 0) is 17.9 Å². The fraction of sp³-hybridized carbons (Fsp3) is 0.333. The number of ether oxygens (including phenoxy) is 2. The van der Waals surface area contributed by atoms with Gasteiger partial charge in [-0.1, -0.05) is 17.3 Å². The van der Waals surface area contributed by atoms with Crippen molar-refractivity contribution < 1.29 is 18.8 Å². The highest BCUT2D eigenvalue weighted by Gasteiger charge is 2.27. The fourth-order valence-electron chi connectivity index (χ4n) is 4.55. The van der Waals surface area contributed by atoms with Crippen LogP contribution in [-0.4, -0.2) is 57.8 Å². The van der Waals surface area contributed by atoms with Gasteiger partial charge in [-0.3, -0.25) is 9.69 Å². The average Bonchev–Trinajstić information content (AvgIpc) is 3.65. The molecule has 3 heterocycles. The second-order valence-corrected chi connectivity index (χ2v) is 9.01. The molecule has 0 bridgehead atoms. The van der Waals surface area contributed by atoms with E-state index in [-0.39, 0.29) is 11.8 Å². The number of benzene rings is 2. The van der Waals surface area contributed by atoms with Crippen molar-refractivity contribution in [2.75, 3.05) is 27.3 Å². The summed E-state index contributed by atoms with van der Waals surface area (Å²) in [5, 5.41) is 7.22. The molecule has 37 heavy (non-hydrogen) atoms. The molecule has 2 aromatic carbocycles. The van der Waals surface area contributed by atoms with Gasteiger partial charge >= 0.3 is 0 Å². The van der Waals surface area contributed by atoms with Crippen LogP contribution in [0.2, 0.25) is 0 Å². The lowest BCUT2D eigenvalue weighted by Crippen LogP contribution is -2.42. The van der Waals surface area contributed by atoms with Gasteiger partial charge in [0.15, 0.2) is 11.5 Å². The van der Waals surface area contributed by atoms with Crippen LogP contribution >= 0.6 is 0 Å². The van der Waals surface area contributed by atoms with Gasteiger partial charge in [0, 0.05) is 36.7 Å². The number of rotatable bonds is 9. The maximum atomic E-state index is 12.9. The van der Waals surface area contributed by atoms with E-state index in [1.54, 1.807) is 26.7 Å². The van der Waals surface area contributed by atoms with Crippen LogP contribution < -0.4 is 14.8 Å². The third kappa shape index (κ3) is 5.80. The number of imidazole rings is 1. The maximum Gasteiger partial charge on any atom is 0.241 e. The molecule has 0 saturated carbocycles. The zero-order chi connectivity index (χ0) is 25.6. The smallest absolute Gasteiger partial charge is 0.241 e. The Balaban J connectivity index is 1.14. The van der Waals surface area contributed by atoms with Gasteiger partial charge in [0.05, 0.1) is 33.0 Å². The molecular formula is C27H30N6O4. The summed E-state index contributed by atoms with van der Waals surface area (Å²) in [5.74, 6) is 2.24. The summed E-state index contributed by atoms with van der Waals surface area (Å²) in [5.41, 5.74) is 2.87. The summed E-state index contributed by atoms with van der Waals surface area (Å²) in [6.45, 7) is 2.53. The number of likely N-dealkylation sites (tertiary alicyclic amines) is 1. The first-order valence-electron chi connectivity index (χ1n) is 12.3. The van der Waals surface area contributed by atoms with E-state index in [1.165, 1.54) is 0 Å². The first-order chi connectivity index (χ1) is 18.1. The van der Waals surface area contributed by atoms with E-state index in [4.69, 9.17) is 14.0 Å². The van der Waals surface area contributed by atoms with E-state index in [9.17, 15) is 4.79 Å². The van der Waals surface area contributed by atoms with Gasteiger partial charge in [-0.2, -0.15) is 4.98 Å². The van der Waals surface area contributed by atoms with E-state index in [2.05, 4.69) is 25.3 Å². The lowest BCUT2D eigenvalue weighted by molar-refractivity contribution is -0.127. The molecule has 1 amide bonds. The largest absolute Gasteiger partial charge is 0.493 e. The minimum absolute atomic E-state index is 0.0694. The number of methoxy groups -OCH3 is 2. The summed E-state index contributed by atoms with van der Waals surface area (Å²) >= 11 is 0. The maximum absolute atomic E-state index is 12.9. The Morgan fingerprint density at radius 3 is 2.73 bits per heavy atom. The van der Waals surface area contributed by atoms with Gasteiger partial charge in [-0.25, -0.2) is 4.98 Å². The predicted octanol–water partition coefficient (Wildman–Crippen LogP) is 3.47. The molecule has 5 rings (SSSR count). The molecular weight excluding hydrogens is 472 g/mol. The van der Waals surface area contributed by atoms with Crippen LogP contribution in [0.15, 0.2) is 65.7 Å². The Hall–Kier alpha value is -4.18. The first kappa shape index (κ1) is 24.5. The molecule has 10 heteroatoms. The topological polar surface area (TPSA) is 108 Å². The van der Waals surface area contributed by atoms with Gasteiger partial charge in [-0.15, -0.1) is 0 Å². The minimum atomic E-state index is -0.0767. The summed E-state index contributed by atoms with van der Waals surface area (Å²) in [6, 6.07) is 13.6. The Morgan fingerprint density at radius 1 is 1.14 bits per heavy atom. The average molecular weight is 503 g/mol. The van der Waals surface area contributed by atoms with E-state index in [0.29, 0.717) is 42.8 Å². The van der Waals surface area contributed by atoms with Crippen LogP contribution in [0.1, 0.15) is 24.3 Å². The van der Waals surface area contributed by atoms with E-state index < -0.39 is 0 Å². The van der Waals surface area contributed by atoms with Crippen LogP contribution in [0.3, 0.4) is 0 Å². The Labute approximate surface area is 215 Å². The molecule has 10 nitrogen and oxygen atoms in total. The summed E-state index contributed by atoms with van der Waals surface area (Å²) < 4.78 is 18.1. The number of aromatic nitrogens is 4. The molecule has 1 unspecified atom stereocenters. The summed E-state index contributed by atoms with van der Waals surface area (Å²) in [4.78, 5) is 23.7. The van der Waals surface area contributed by atoms with Gasteiger partial charge in [0.25, 0.3) is 0 Å². The third-order valence-electron chi connectivity index (χ3n) is 6.55. The molecule has 192 valence electrons. The van der Waals surface area contributed by atoms with Crippen LogP contribution in [0.4, 0.5) is 0 Å². The number of hydrogen-bond donors (Lipinski definition) is 1.